The van der Waals surface area contributed by atoms with E-state index in [1.54, 1.807) is 14.2 Å². The summed E-state index contributed by atoms with van der Waals surface area (Å²) in [7, 11) is 3.16. The number of benzene rings is 1. The van der Waals surface area contributed by atoms with E-state index in [0.29, 0.717) is 11.5 Å². The molecule has 1 atom stereocenters. The van der Waals surface area contributed by atoms with Gasteiger partial charge in [0.25, 0.3) is 0 Å². The molecule has 0 amide bonds. The van der Waals surface area contributed by atoms with E-state index in [9.17, 15) is 4.39 Å². The van der Waals surface area contributed by atoms with Crippen LogP contribution >= 0.6 is 0 Å². The zero-order valence-electron chi connectivity index (χ0n) is 11.9. The number of halogens is 1. The number of hydrogen-bond acceptors (Lipinski definition) is 3. The predicted molar refractivity (Wildman–Crippen MR) is 73.5 cm³/mol. The molecule has 0 saturated carbocycles. The summed E-state index contributed by atoms with van der Waals surface area (Å²) in [6, 6.07) is 1.59. The maximum Gasteiger partial charge on any atom is 0.165 e. The largest absolute Gasteiger partial charge is 0.493 e. The molecule has 1 unspecified atom stereocenters. The Morgan fingerprint density at radius 2 is 2.16 bits per heavy atom. The normalized spacial score (nSPS) is 18.0. The van der Waals surface area contributed by atoms with Crippen molar-refractivity contribution in [3.05, 3.63) is 23.0 Å². The van der Waals surface area contributed by atoms with Gasteiger partial charge in [-0.15, -0.1) is 0 Å². The summed E-state index contributed by atoms with van der Waals surface area (Å²) in [5.41, 5.74) is 1.72. The lowest BCUT2D eigenvalue weighted by Gasteiger charge is -2.29. The van der Waals surface area contributed by atoms with Crippen molar-refractivity contribution in [3.63, 3.8) is 0 Å². The van der Waals surface area contributed by atoms with E-state index in [4.69, 9.17) is 9.47 Å². The number of hydrogen-bond donors (Lipinski definition) is 1. The molecule has 3 nitrogen and oxygen atoms in total. The van der Waals surface area contributed by atoms with Crippen LogP contribution in [0.15, 0.2) is 6.07 Å². The molecule has 0 saturated heterocycles. The van der Waals surface area contributed by atoms with Crippen molar-refractivity contribution in [3.8, 4) is 11.5 Å². The van der Waals surface area contributed by atoms with Crippen molar-refractivity contribution in [1.29, 1.82) is 0 Å². The van der Waals surface area contributed by atoms with Crippen LogP contribution in [0.5, 0.6) is 11.5 Å². The van der Waals surface area contributed by atoms with Gasteiger partial charge in [0.05, 0.1) is 14.2 Å². The van der Waals surface area contributed by atoms with Crippen LogP contribution in [0.2, 0.25) is 0 Å². The van der Waals surface area contributed by atoms with E-state index in [1.165, 1.54) is 6.07 Å². The maximum atomic E-state index is 14.2. The number of rotatable bonds is 5. The van der Waals surface area contributed by atoms with Gasteiger partial charge in [-0.2, -0.15) is 0 Å². The second-order valence-corrected chi connectivity index (χ2v) is 4.89. The van der Waals surface area contributed by atoms with E-state index in [0.717, 1.165) is 43.4 Å². The van der Waals surface area contributed by atoms with Crippen LogP contribution in [0.1, 0.15) is 43.4 Å². The van der Waals surface area contributed by atoms with E-state index in [2.05, 4.69) is 12.2 Å². The second kappa shape index (κ2) is 6.24. The van der Waals surface area contributed by atoms with E-state index >= 15 is 0 Å². The first-order chi connectivity index (χ1) is 9.22. The van der Waals surface area contributed by atoms with Crippen molar-refractivity contribution in [2.24, 2.45) is 0 Å². The molecule has 106 valence electrons. The third-order valence-corrected chi connectivity index (χ3v) is 3.67. The molecule has 0 spiro atoms. The Labute approximate surface area is 114 Å². The van der Waals surface area contributed by atoms with Crippen LogP contribution < -0.4 is 14.8 Å². The predicted octanol–water partition coefficient (Wildman–Crippen LogP) is 3.22. The highest BCUT2D eigenvalue weighted by Gasteiger charge is 2.28. The molecule has 0 heterocycles. The topological polar surface area (TPSA) is 30.5 Å². The summed E-state index contributed by atoms with van der Waals surface area (Å²) in [6.07, 6.45) is 3.84. The van der Waals surface area contributed by atoms with Crippen LogP contribution in [0.25, 0.3) is 0 Å². The average molecular weight is 267 g/mol. The maximum absolute atomic E-state index is 14.2. The molecular weight excluding hydrogens is 245 g/mol. The van der Waals surface area contributed by atoms with Crippen LogP contribution in [-0.4, -0.2) is 20.8 Å². The Morgan fingerprint density at radius 1 is 1.37 bits per heavy atom. The van der Waals surface area contributed by atoms with E-state index in [-0.39, 0.29) is 11.9 Å². The Hall–Kier alpha value is -1.29. The summed E-state index contributed by atoms with van der Waals surface area (Å²) in [6.45, 7) is 3.05. The number of nitrogens with one attached hydrogen (secondary N) is 1. The minimum atomic E-state index is -0.185. The summed E-state index contributed by atoms with van der Waals surface area (Å²) in [5.74, 6) is 0.965. The van der Waals surface area contributed by atoms with Gasteiger partial charge in [-0.05, 0) is 37.8 Å². The molecular formula is C15H22FNO2. The molecule has 19 heavy (non-hydrogen) atoms. The van der Waals surface area contributed by atoms with Gasteiger partial charge in [-0.1, -0.05) is 6.92 Å². The van der Waals surface area contributed by atoms with Crippen LogP contribution in [0, 0.1) is 5.82 Å². The Bertz CT molecular complexity index is 448. The van der Waals surface area contributed by atoms with Gasteiger partial charge in [0.1, 0.15) is 5.82 Å². The van der Waals surface area contributed by atoms with E-state index < -0.39 is 0 Å². The number of methoxy groups -OCH3 is 2. The van der Waals surface area contributed by atoms with Crippen LogP contribution in [-0.2, 0) is 6.42 Å². The van der Waals surface area contributed by atoms with Crippen molar-refractivity contribution in [2.75, 3.05) is 20.8 Å². The molecule has 1 aromatic rings. The average Bonchev–Trinajstić information content (AvgIpc) is 2.44. The zero-order valence-corrected chi connectivity index (χ0v) is 11.9. The van der Waals surface area contributed by atoms with Gasteiger partial charge in [-0.25, -0.2) is 4.39 Å². The third kappa shape index (κ3) is 2.68. The van der Waals surface area contributed by atoms with Gasteiger partial charge in [0.15, 0.2) is 11.5 Å². The van der Waals surface area contributed by atoms with Crippen molar-refractivity contribution in [2.45, 2.75) is 38.6 Å². The van der Waals surface area contributed by atoms with Gasteiger partial charge in [0, 0.05) is 17.7 Å². The molecule has 0 bridgehead atoms. The van der Waals surface area contributed by atoms with Crippen molar-refractivity contribution < 1.29 is 13.9 Å². The highest BCUT2D eigenvalue weighted by atomic mass is 19.1. The lowest BCUT2D eigenvalue weighted by Crippen LogP contribution is -2.27. The van der Waals surface area contributed by atoms with Crippen molar-refractivity contribution in [1.82, 2.24) is 5.32 Å². The smallest absolute Gasteiger partial charge is 0.165 e. The Kier molecular flexibility index (Phi) is 4.64. The highest BCUT2D eigenvalue weighted by molar-refractivity contribution is 5.54. The van der Waals surface area contributed by atoms with Gasteiger partial charge in [0.2, 0.25) is 0 Å². The quantitative estimate of drug-likeness (QED) is 0.888. The molecule has 0 fully saturated rings. The molecule has 1 aliphatic rings. The fourth-order valence-electron chi connectivity index (χ4n) is 2.80. The monoisotopic (exact) mass is 267 g/mol. The molecule has 0 aromatic heterocycles. The molecule has 0 radical (unpaired) electrons. The molecule has 4 heteroatoms. The number of ether oxygens (including phenoxy) is 2. The molecule has 1 N–H and O–H groups in total. The van der Waals surface area contributed by atoms with Crippen molar-refractivity contribution >= 4 is 0 Å². The van der Waals surface area contributed by atoms with Crippen LogP contribution in [0.3, 0.4) is 0 Å². The van der Waals surface area contributed by atoms with Gasteiger partial charge >= 0.3 is 0 Å². The first-order valence-electron chi connectivity index (χ1n) is 6.89. The Balaban J connectivity index is 2.48. The van der Waals surface area contributed by atoms with Crippen LogP contribution in [0.4, 0.5) is 4.39 Å². The molecule has 2 rings (SSSR count). The lowest BCUT2D eigenvalue weighted by molar-refractivity contribution is 0.335. The summed E-state index contributed by atoms with van der Waals surface area (Å²) in [4.78, 5) is 0. The van der Waals surface area contributed by atoms with Gasteiger partial charge in [-0.3, -0.25) is 0 Å². The number of fused-ring (bicyclic) bond motifs is 1. The van der Waals surface area contributed by atoms with E-state index in [1.807, 2.05) is 0 Å². The fraction of sp³-hybridized carbons (Fsp3) is 0.600. The minimum Gasteiger partial charge on any atom is -0.493 e. The first-order valence-corrected chi connectivity index (χ1v) is 6.89. The third-order valence-electron chi connectivity index (χ3n) is 3.67. The molecule has 1 aromatic carbocycles. The highest BCUT2D eigenvalue weighted by Crippen LogP contribution is 2.43. The summed E-state index contributed by atoms with van der Waals surface area (Å²) < 4.78 is 24.9. The Morgan fingerprint density at radius 3 is 2.79 bits per heavy atom. The SMILES string of the molecule is CCCNC1CCCc2c(F)cc(OC)c(OC)c21. The fourth-order valence-corrected chi connectivity index (χ4v) is 2.80. The van der Waals surface area contributed by atoms with Gasteiger partial charge < -0.3 is 14.8 Å². The standard InChI is InChI=1S/C15H22FNO2/c1-4-8-17-12-7-5-6-10-11(16)9-13(18-2)15(19-3)14(10)12/h9,12,17H,4-8H2,1-3H3. The molecule has 0 aliphatic heterocycles. The minimum absolute atomic E-state index is 0.156. The zero-order chi connectivity index (χ0) is 13.8. The first kappa shape index (κ1) is 14.1. The summed E-state index contributed by atoms with van der Waals surface area (Å²) in [5, 5.41) is 3.48. The summed E-state index contributed by atoms with van der Waals surface area (Å²) >= 11 is 0. The molecule has 1 aliphatic carbocycles. The second-order valence-electron chi connectivity index (χ2n) is 4.89. The lowest BCUT2D eigenvalue weighted by atomic mass is 9.86.